The Bertz CT molecular complexity index is 1210. The molecule has 0 unspecified atom stereocenters. The topological polar surface area (TPSA) is 69.7 Å². The van der Waals surface area contributed by atoms with Gasteiger partial charge in [0.2, 0.25) is 0 Å². The van der Waals surface area contributed by atoms with E-state index >= 15 is 0 Å². The molecule has 0 radical (unpaired) electrons. The normalized spacial score (nSPS) is 15.2. The van der Waals surface area contributed by atoms with Crippen LogP contribution < -0.4 is 4.72 Å². The van der Waals surface area contributed by atoms with Crippen LogP contribution in [0.3, 0.4) is 0 Å². The van der Waals surface area contributed by atoms with Crippen molar-refractivity contribution < 1.29 is 13.2 Å². The highest BCUT2D eigenvalue weighted by Gasteiger charge is 2.19. The number of ketones is 1. The molecule has 1 N–H and O–H groups in total. The van der Waals surface area contributed by atoms with E-state index in [1.54, 1.807) is 18.2 Å². The summed E-state index contributed by atoms with van der Waals surface area (Å²) < 4.78 is 27.8. The van der Waals surface area contributed by atoms with Gasteiger partial charge in [-0.25, -0.2) is 8.42 Å². The summed E-state index contributed by atoms with van der Waals surface area (Å²) in [6.45, 7) is 4.93. The zero-order valence-corrected chi connectivity index (χ0v) is 20.4. The zero-order chi connectivity index (χ0) is 24.0. The van der Waals surface area contributed by atoms with Gasteiger partial charge >= 0.3 is 0 Å². The Hall–Kier alpha value is -2.71. The fraction of sp³-hybridized carbons (Fsp3) is 0.269. The van der Waals surface area contributed by atoms with Crippen LogP contribution in [-0.4, -0.2) is 56.7 Å². The molecule has 0 amide bonds. The maximum absolute atomic E-state index is 12.7. The van der Waals surface area contributed by atoms with Gasteiger partial charge in [0.25, 0.3) is 10.0 Å². The SMILES string of the molecule is O=C(Cc1cccc(NS(=O)(=O)c2ccc(Cl)cc2)c1)CN1CCN(Cc2ccccc2)CC1. The predicted octanol–water partition coefficient (Wildman–Crippen LogP) is 4.07. The molecule has 0 aromatic heterocycles. The van der Waals surface area contributed by atoms with Crippen LogP contribution in [0.2, 0.25) is 5.02 Å². The van der Waals surface area contributed by atoms with E-state index in [9.17, 15) is 13.2 Å². The van der Waals surface area contributed by atoms with Crippen molar-refractivity contribution in [1.29, 1.82) is 0 Å². The number of halogens is 1. The highest BCUT2D eigenvalue weighted by Crippen LogP contribution is 2.19. The summed E-state index contributed by atoms with van der Waals surface area (Å²) in [5.74, 6) is 0.120. The number of Topliss-reactive ketones (excluding diaryl/α,β-unsaturated/α-hetero) is 1. The van der Waals surface area contributed by atoms with E-state index in [1.165, 1.54) is 29.8 Å². The third-order valence-corrected chi connectivity index (χ3v) is 7.47. The summed E-state index contributed by atoms with van der Waals surface area (Å²) in [6.07, 6.45) is 0.265. The number of carbonyl (C=O) groups is 1. The van der Waals surface area contributed by atoms with E-state index in [1.807, 2.05) is 12.1 Å². The molecule has 0 spiro atoms. The van der Waals surface area contributed by atoms with Crippen molar-refractivity contribution in [3.63, 3.8) is 0 Å². The molecule has 0 aliphatic carbocycles. The molecule has 34 heavy (non-hydrogen) atoms. The Morgan fingerprint density at radius 1 is 0.824 bits per heavy atom. The molecule has 6 nitrogen and oxygen atoms in total. The number of nitrogens with zero attached hydrogens (tertiary/aromatic N) is 2. The number of benzene rings is 3. The van der Waals surface area contributed by atoms with Gasteiger partial charge in [-0.2, -0.15) is 0 Å². The lowest BCUT2D eigenvalue weighted by atomic mass is 10.1. The Kier molecular flexibility index (Phi) is 8.00. The zero-order valence-electron chi connectivity index (χ0n) is 18.9. The number of anilines is 1. The third kappa shape index (κ3) is 6.90. The molecule has 0 bridgehead atoms. The van der Waals surface area contributed by atoms with Gasteiger partial charge in [0.1, 0.15) is 0 Å². The van der Waals surface area contributed by atoms with Crippen molar-refractivity contribution in [1.82, 2.24) is 9.80 Å². The standard InChI is InChI=1S/C26H28ClN3O3S/c27-23-9-11-26(12-10-23)34(32,33)28-24-8-4-7-22(17-24)18-25(31)20-30-15-13-29(14-16-30)19-21-5-2-1-3-6-21/h1-12,17,28H,13-16,18-20H2. The van der Waals surface area contributed by atoms with Crippen LogP contribution in [-0.2, 0) is 27.8 Å². The van der Waals surface area contributed by atoms with Crippen LogP contribution in [0.25, 0.3) is 0 Å². The van der Waals surface area contributed by atoms with E-state index in [2.05, 4.69) is 38.8 Å². The van der Waals surface area contributed by atoms with Gasteiger partial charge in [0, 0.05) is 49.9 Å². The summed E-state index contributed by atoms with van der Waals surface area (Å²) >= 11 is 5.85. The lowest BCUT2D eigenvalue weighted by Crippen LogP contribution is -2.47. The lowest BCUT2D eigenvalue weighted by Gasteiger charge is -2.34. The molecular weight excluding hydrogens is 470 g/mol. The van der Waals surface area contributed by atoms with Gasteiger partial charge in [0.05, 0.1) is 11.4 Å². The Labute approximate surface area is 206 Å². The number of hydrogen-bond acceptors (Lipinski definition) is 5. The molecule has 1 heterocycles. The Morgan fingerprint density at radius 3 is 2.18 bits per heavy atom. The average Bonchev–Trinajstić information content (AvgIpc) is 2.81. The lowest BCUT2D eigenvalue weighted by molar-refractivity contribution is -0.120. The van der Waals surface area contributed by atoms with Crippen molar-refractivity contribution in [3.8, 4) is 0 Å². The maximum Gasteiger partial charge on any atom is 0.261 e. The molecule has 0 saturated carbocycles. The number of piperazine rings is 1. The highest BCUT2D eigenvalue weighted by molar-refractivity contribution is 7.92. The first-order valence-electron chi connectivity index (χ1n) is 11.2. The molecule has 1 saturated heterocycles. The van der Waals surface area contributed by atoms with Gasteiger partial charge in [-0.1, -0.05) is 54.1 Å². The number of carbonyl (C=O) groups excluding carboxylic acids is 1. The Balaban J connectivity index is 1.28. The van der Waals surface area contributed by atoms with Crippen LogP contribution >= 0.6 is 11.6 Å². The molecule has 8 heteroatoms. The fourth-order valence-electron chi connectivity index (χ4n) is 4.05. The molecular formula is C26H28ClN3O3S. The van der Waals surface area contributed by atoms with Crippen LogP contribution in [0.4, 0.5) is 5.69 Å². The average molecular weight is 498 g/mol. The van der Waals surface area contributed by atoms with E-state index in [0.29, 0.717) is 17.3 Å². The number of nitrogens with one attached hydrogen (secondary N) is 1. The van der Waals surface area contributed by atoms with Crippen LogP contribution in [0, 0.1) is 0 Å². The van der Waals surface area contributed by atoms with Crippen molar-refractivity contribution >= 4 is 33.1 Å². The smallest absolute Gasteiger partial charge is 0.261 e. The van der Waals surface area contributed by atoms with Gasteiger partial charge in [-0.3, -0.25) is 19.3 Å². The number of hydrogen-bond donors (Lipinski definition) is 1. The van der Waals surface area contributed by atoms with E-state index in [0.717, 1.165) is 38.3 Å². The second-order valence-electron chi connectivity index (χ2n) is 8.51. The number of rotatable bonds is 9. The minimum Gasteiger partial charge on any atom is -0.298 e. The van der Waals surface area contributed by atoms with Crippen LogP contribution in [0.5, 0.6) is 0 Å². The predicted molar refractivity (Wildman–Crippen MR) is 136 cm³/mol. The fourth-order valence-corrected chi connectivity index (χ4v) is 5.23. The minimum atomic E-state index is -3.73. The monoisotopic (exact) mass is 497 g/mol. The second kappa shape index (κ2) is 11.1. The summed E-state index contributed by atoms with van der Waals surface area (Å²) in [7, 11) is -3.73. The molecule has 178 valence electrons. The molecule has 1 aliphatic heterocycles. The van der Waals surface area contributed by atoms with Gasteiger partial charge in [-0.05, 0) is 47.5 Å². The molecule has 3 aromatic carbocycles. The van der Waals surface area contributed by atoms with E-state index < -0.39 is 10.0 Å². The minimum absolute atomic E-state index is 0.120. The maximum atomic E-state index is 12.7. The highest BCUT2D eigenvalue weighted by atomic mass is 35.5. The summed E-state index contributed by atoms with van der Waals surface area (Å²) in [5, 5.41) is 0.470. The van der Waals surface area contributed by atoms with Crippen molar-refractivity contribution in [2.75, 3.05) is 37.4 Å². The summed E-state index contributed by atoms with van der Waals surface area (Å²) in [5.41, 5.74) is 2.51. The van der Waals surface area contributed by atoms with Crippen LogP contribution in [0.1, 0.15) is 11.1 Å². The van der Waals surface area contributed by atoms with Gasteiger partial charge in [0.15, 0.2) is 5.78 Å². The molecule has 0 atom stereocenters. The second-order valence-corrected chi connectivity index (χ2v) is 10.6. The van der Waals surface area contributed by atoms with Crippen molar-refractivity contribution in [2.45, 2.75) is 17.9 Å². The Morgan fingerprint density at radius 2 is 1.47 bits per heavy atom. The quantitative estimate of drug-likeness (QED) is 0.482. The van der Waals surface area contributed by atoms with Crippen molar-refractivity contribution in [2.24, 2.45) is 0 Å². The summed E-state index contributed by atoms with van der Waals surface area (Å²) in [6, 6.07) is 23.4. The molecule has 4 rings (SSSR count). The molecule has 1 aliphatic rings. The van der Waals surface area contributed by atoms with Crippen molar-refractivity contribution in [3.05, 3.63) is 95.0 Å². The number of sulfonamides is 1. The first-order valence-corrected chi connectivity index (χ1v) is 13.1. The van der Waals surface area contributed by atoms with Gasteiger partial charge < -0.3 is 0 Å². The first-order chi connectivity index (χ1) is 16.4. The molecule has 1 fully saturated rings. The van der Waals surface area contributed by atoms with E-state index in [4.69, 9.17) is 11.6 Å². The molecule has 3 aromatic rings. The largest absolute Gasteiger partial charge is 0.298 e. The van der Waals surface area contributed by atoms with Crippen LogP contribution in [0.15, 0.2) is 83.8 Å². The van der Waals surface area contributed by atoms with E-state index in [-0.39, 0.29) is 17.1 Å². The first kappa shape index (κ1) is 24.4. The van der Waals surface area contributed by atoms with Gasteiger partial charge in [-0.15, -0.1) is 0 Å². The summed E-state index contributed by atoms with van der Waals surface area (Å²) in [4.78, 5) is 17.4. The third-order valence-electron chi connectivity index (χ3n) is 5.82.